The number of rotatable bonds is 4. The normalized spacial score (nSPS) is 11.1. The van der Waals surface area contributed by atoms with Crippen LogP contribution in [0.15, 0.2) is 53.4 Å². The van der Waals surface area contributed by atoms with Crippen molar-refractivity contribution in [2.24, 2.45) is 5.73 Å². The summed E-state index contributed by atoms with van der Waals surface area (Å²) in [6, 6.07) is 13.6. The minimum absolute atomic E-state index is 0.200. The van der Waals surface area contributed by atoms with E-state index >= 15 is 0 Å². The summed E-state index contributed by atoms with van der Waals surface area (Å²) in [5.74, 6) is 0. The highest BCUT2D eigenvalue weighted by atomic mass is 32.2. The molecule has 0 unspecified atom stereocenters. The molecule has 0 aliphatic rings. The Balaban J connectivity index is 2.39. The van der Waals surface area contributed by atoms with Gasteiger partial charge in [-0.1, -0.05) is 36.5 Å². The Morgan fingerprint density at radius 2 is 1.76 bits per heavy atom. The second-order valence-corrected chi connectivity index (χ2v) is 7.11. The molecule has 2 aromatic carbocycles. The molecular formula is C15H16N2O2S2. The Hall–Kier alpha value is -1.92. The maximum absolute atomic E-state index is 12.6. The van der Waals surface area contributed by atoms with Gasteiger partial charge in [0.05, 0.1) is 10.6 Å². The van der Waals surface area contributed by atoms with E-state index in [2.05, 4.69) is 0 Å². The summed E-state index contributed by atoms with van der Waals surface area (Å²) in [5, 5.41) is 0. The first-order valence-electron chi connectivity index (χ1n) is 6.28. The first-order valence-corrected chi connectivity index (χ1v) is 8.12. The van der Waals surface area contributed by atoms with E-state index in [0.29, 0.717) is 11.3 Å². The number of anilines is 1. The molecule has 0 aliphatic heterocycles. The molecule has 0 saturated heterocycles. The number of benzene rings is 2. The van der Waals surface area contributed by atoms with Gasteiger partial charge in [0.25, 0.3) is 10.0 Å². The number of hydrogen-bond acceptors (Lipinski definition) is 3. The predicted octanol–water partition coefficient (Wildman–Crippen LogP) is 2.45. The van der Waals surface area contributed by atoms with Gasteiger partial charge in [0, 0.05) is 12.6 Å². The Morgan fingerprint density at radius 3 is 2.29 bits per heavy atom. The first kappa shape index (κ1) is 15.5. The van der Waals surface area contributed by atoms with Crippen LogP contribution in [0, 0.1) is 6.92 Å². The van der Waals surface area contributed by atoms with Crippen molar-refractivity contribution in [2.45, 2.75) is 11.8 Å². The number of sulfonamides is 1. The highest BCUT2D eigenvalue weighted by Gasteiger charge is 2.21. The van der Waals surface area contributed by atoms with Gasteiger partial charge in [-0.3, -0.25) is 4.31 Å². The van der Waals surface area contributed by atoms with E-state index in [4.69, 9.17) is 18.0 Å². The number of nitrogens with zero attached hydrogens (tertiary/aromatic N) is 1. The summed E-state index contributed by atoms with van der Waals surface area (Å²) in [7, 11) is -2.07. The smallest absolute Gasteiger partial charge is 0.264 e. The van der Waals surface area contributed by atoms with E-state index in [-0.39, 0.29) is 9.88 Å². The van der Waals surface area contributed by atoms with Crippen molar-refractivity contribution < 1.29 is 8.42 Å². The van der Waals surface area contributed by atoms with Gasteiger partial charge in [-0.25, -0.2) is 8.42 Å². The van der Waals surface area contributed by atoms with Crippen LogP contribution in [0.25, 0.3) is 0 Å². The highest BCUT2D eigenvalue weighted by Crippen LogP contribution is 2.23. The molecule has 2 rings (SSSR count). The fourth-order valence-electron chi connectivity index (χ4n) is 1.91. The molecule has 110 valence electrons. The summed E-state index contributed by atoms with van der Waals surface area (Å²) in [6.07, 6.45) is 0. The van der Waals surface area contributed by atoms with E-state index in [1.807, 2.05) is 25.1 Å². The largest absolute Gasteiger partial charge is 0.389 e. The zero-order valence-corrected chi connectivity index (χ0v) is 13.4. The minimum Gasteiger partial charge on any atom is -0.389 e. The monoisotopic (exact) mass is 320 g/mol. The number of hydrogen-bond donors (Lipinski definition) is 1. The lowest BCUT2D eigenvalue weighted by molar-refractivity contribution is 0.594. The molecule has 0 bridgehead atoms. The maximum Gasteiger partial charge on any atom is 0.264 e. The van der Waals surface area contributed by atoms with E-state index in [1.165, 1.54) is 23.5 Å². The third kappa shape index (κ3) is 3.22. The van der Waals surface area contributed by atoms with Crippen molar-refractivity contribution in [1.82, 2.24) is 0 Å². The van der Waals surface area contributed by atoms with Crippen LogP contribution >= 0.6 is 12.2 Å². The zero-order valence-electron chi connectivity index (χ0n) is 11.8. The third-order valence-electron chi connectivity index (χ3n) is 3.16. The number of aryl methyl sites for hydroxylation is 1. The molecule has 0 aliphatic carbocycles. The standard InChI is InChI=1S/C15H16N2O2S2/c1-11-4-3-5-13(10-11)17(2)21(18,19)14-8-6-12(7-9-14)15(16)20/h3-10H,1-2H3,(H2,16,20). The van der Waals surface area contributed by atoms with Crippen molar-refractivity contribution in [1.29, 1.82) is 0 Å². The van der Waals surface area contributed by atoms with Gasteiger partial charge in [-0.2, -0.15) is 0 Å². The molecule has 0 spiro atoms. The van der Waals surface area contributed by atoms with Crippen LogP contribution < -0.4 is 10.0 Å². The molecular weight excluding hydrogens is 304 g/mol. The Kier molecular flexibility index (Phi) is 4.29. The molecule has 4 nitrogen and oxygen atoms in total. The fraction of sp³-hybridized carbons (Fsp3) is 0.133. The van der Waals surface area contributed by atoms with Gasteiger partial charge in [0.2, 0.25) is 0 Å². The van der Waals surface area contributed by atoms with Crippen molar-refractivity contribution >= 4 is 32.9 Å². The van der Waals surface area contributed by atoms with Gasteiger partial charge in [0.1, 0.15) is 4.99 Å². The molecule has 2 aromatic rings. The fourth-order valence-corrected chi connectivity index (χ4v) is 3.24. The number of thiocarbonyl (C=S) groups is 1. The molecule has 6 heteroatoms. The molecule has 0 heterocycles. The number of nitrogens with two attached hydrogens (primary N) is 1. The Bertz CT molecular complexity index is 769. The van der Waals surface area contributed by atoms with Gasteiger partial charge >= 0.3 is 0 Å². The quantitative estimate of drug-likeness (QED) is 0.879. The van der Waals surface area contributed by atoms with Crippen LogP contribution in [0.4, 0.5) is 5.69 Å². The molecule has 0 radical (unpaired) electrons. The van der Waals surface area contributed by atoms with E-state index in [1.54, 1.807) is 18.2 Å². The minimum atomic E-state index is -3.60. The van der Waals surface area contributed by atoms with Gasteiger partial charge in [-0.15, -0.1) is 0 Å². The second kappa shape index (κ2) is 5.83. The van der Waals surface area contributed by atoms with Gasteiger partial charge < -0.3 is 5.73 Å². The lowest BCUT2D eigenvalue weighted by Crippen LogP contribution is -2.26. The van der Waals surface area contributed by atoms with E-state index in [0.717, 1.165) is 5.56 Å². The Labute approximate surface area is 130 Å². The van der Waals surface area contributed by atoms with Crippen LogP contribution in [0.5, 0.6) is 0 Å². The van der Waals surface area contributed by atoms with Crippen LogP contribution in [-0.4, -0.2) is 20.5 Å². The highest BCUT2D eigenvalue weighted by molar-refractivity contribution is 7.92. The summed E-state index contributed by atoms with van der Waals surface area (Å²) in [4.78, 5) is 0.442. The lowest BCUT2D eigenvalue weighted by atomic mass is 10.2. The third-order valence-corrected chi connectivity index (χ3v) is 5.20. The predicted molar refractivity (Wildman–Crippen MR) is 89.1 cm³/mol. The summed E-state index contributed by atoms with van der Waals surface area (Å²) in [5.41, 5.74) is 7.77. The molecule has 2 N–H and O–H groups in total. The molecule has 0 aromatic heterocycles. The van der Waals surface area contributed by atoms with Crippen molar-refractivity contribution in [2.75, 3.05) is 11.4 Å². The summed E-state index contributed by atoms with van der Waals surface area (Å²) >= 11 is 4.86. The van der Waals surface area contributed by atoms with E-state index in [9.17, 15) is 8.42 Å². The molecule has 0 saturated carbocycles. The molecule has 0 atom stereocenters. The van der Waals surface area contributed by atoms with Crippen LogP contribution in [0.1, 0.15) is 11.1 Å². The van der Waals surface area contributed by atoms with Crippen LogP contribution in [0.3, 0.4) is 0 Å². The van der Waals surface area contributed by atoms with Crippen molar-refractivity contribution in [3.8, 4) is 0 Å². The topological polar surface area (TPSA) is 63.4 Å². The van der Waals surface area contributed by atoms with Gasteiger partial charge in [0.15, 0.2) is 0 Å². The second-order valence-electron chi connectivity index (χ2n) is 4.70. The maximum atomic E-state index is 12.6. The van der Waals surface area contributed by atoms with Crippen LogP contribution in [-0.2, 0) is 10.0 Å². The average molecular weight is 320 g/mol. The molecule has 21 heavy (non-hydrogen) atoms. The lowest BCUT2D eigenvalue weighted by Gasteiger charge is -2.20. The summed E-state index contributed by atoms with van der Waals surface area (Å²) < 4.78 is 26.4. The molecule has 0 fully saturated rings. The SMILES string of the molecule is Cc1cccc(N(C)S(=O)(=O)c2ccc(C(N)=S)cc2)c1. The Morgan fingerprint density at radius 1 is 1.14 bits per heavy atom. The van der Waals surface area contributed by atoms with Crippen LogP contribution in [0.2, 0.25) is 0 Å². The average Bonchev–Trinajstić information content (AvgIpc) is 2.46. The molecule has 0 amide bonds. The first-order chi connectivity index (χ1) is 9.82. The van der Waals surface area contributed by atoms with Gasteiger partial charge in [-0.05, 0) is 36.8 Å². The van der Waals surface area contributed by atoms with Crippen molar-refractivity contribution in [3.05, 3.63) is 59.7 Å². The summed E-state index contributed by atoms with van der Waals surface area (Å²) in [6.45, 7) is 1.92. The van der Waals surface area contributed by atoms with Crippen molar-refractivity contribution in [3.63, 3.8) is 0 Å². The van der Waals surface area contributed by atoms with E-state index < -0.39 is 10.0 Å². The zero-order chi connectivity index (χ0) is 15.6.